The first-order valence-corrected chi connectivity index (χ1v) is 15.4. The number of rotatable bonds is 11. The van der Waals surface area contributed by atoms with Crippen LogP contribution in [0.3, 0.4) is 0 Å². The maximum atomic E-state index is 13.8. The van der Waals surface area contributed by atoms with Gasteiger partial charge in [0.1, 0.15) is 12.1 Å². The van der Waals surface area contributed by atoms with Crippen LogP contribution in [-0.4, -0.2) is 45.4 Å². The molecule has 1 aliphatic rings. The molecule has 0 saturated heterocycles. The van der Waals surface area contributed by atoms with E-state index in [1.54, 1.807) is 18.7 Å². The third kappa shape index (κ3) is 7.65. The molecule has 15 heteroatoms. The molecule has 1 saturated carbocycles. The molecule has 47 heavy (non-hydrogen) atoms. The molecule has 3 aromatic heterocycles. The highest BCUT2D eigenvalue weighted by Gasteiger charge is 2.37. The number of nitrogens with zero attached hydrogens (tertiary/aromatic N) is 6. The van der Waals surface area contributed by atoms with Gasteiger partial charge in [-0.2, -0.15) is 36.4 Å². The van der Waals surface area contributed by atoms with Crippen LogP contribution in [0.2, 0.25) is 0 Å². The summed E-state index contributed by atoms with van der Waals surface area (Å²) in [5.74, 6) is 0.274. The summed E-state index contributed by atoms with van der Waals surface area (Å²) in [5, 5.41) is 5.24. The summed E-state index contributed by atoms with van der Waals surface area (Å²) < 4.78 is 94.8. The van der Waals surface area contributed by atoms with Gasteiger partial charge >= 0.3 is 18.3 Å². The quantitative estimate of drug-likeness (QED) is 0.119. The summed E-state index contributed by atoms with van der Waals surface area (Å²) in [6.45, 7) is 6.28. The number of hydrogen-bond acceptors (Lipinski definition) is 8. The van der Waals surface area contributed by atoms with E-state index >= 15 is 0 Å². The van der Waals surface area contributed by atoms with Crippen molar-refractivity contribution >= 4 is 28.8 Å². The maximum absolute atomic E-state index is 13.8. The number of anilines is 2. The predicted molar refractivity (Wildman–Crippen MR) is 162 cm³/mol. The SMILES string of the molecule is CCOC(=O)c1coc(N(Cc2cc(C(F)(F)F)cc(C(F)(F)F)c2)Cc2cc3c(C)nn(C)c3nc2N(CC)CC2CCCC2)n1. The van der Waals surface area contributed by atoms with Crippen molar-refractivity contribution in [3.05, 3.63) is 64.2 Å². The molecule has 0 atom stereocenters. The number of hydrogen-bond donors (Lipinski definition) is 0. The average molecular weight is 667 g/mol. The third-order valence-electron chi connectivity index (χ3n) is 8.32. The van der Waals surface area contributed by atoms with Gasteiger partial charge < -0.3 is 19.0 Å². The summed E-state index contributed by atoms with van der Waals surface area (Å²) in [7, 11) is 1.78. The van der Waals surface area contributed by atoms with Crippen molar-refractivity contribution in [1.29, 1.82) is 0 Å². The van der Waals surface area contributed by atoms with Crippen LogP contribution < -0.4 is 9.80 Å². The number of esters is 1. The average Bonchev–Trinajstić information content (AvgIpc) is 3.76. The number of pyridine rings is 1. The fourth-order valence-electron chi connectivity index (χ4n) is 6.07. The lowest BCUT2D eigenvalue weighted by atomic mass is 10.0. The Balaban J connectivity index is 1.63. The number of oxazole rings is 1. The highest BCUT2D eigenvalue weighted by Crippen LogP contribution is 2.38. The van der Waals surface area contributed by atoms with Crippen LogP contribution in [-0.2, 0) is 37.2 Å². The molecule has 0 unspecified atom stereocenters. The van der Waals surface area contributed by atoms with Gasteiger partial charge in [-0.05, 0) is 69.4 Å². The first kappa shape index (κ1) is 34.0. The fourth-order valence-corrected chi connectivity index (χ4v) is 6.07. The molecule has 1 fully saturated rings. The molecule has 3 heterocycles. The summed E-state index contributed by atoms with van der Waals surface area (Å²) in [4.78, 5) is 25.1. The lowest BCUT2D eigenvalue weighted by Crippen LogP contribution is -2.32. The van der Waals surface area contributed by atoms with E-state index in [-0.39, 0.29) is 36.5 Å². The van der Waals surface area contributed by atoms with Gasteiger partial charge in [0, 0.05) is 37.6 Å². The molecule has 1 aromatic carbocycles. The topological polar surface area (TPSA) is 89.5 Å². The molecule has 5 rings (SSSR count). The molecular formula is C32H36F6N6O3. The summed E-state index contributed by atoms with van der Waals surface area (Å²) in [5.41, 5.74) is -1.40. The van der Waals surface area contributed by atoms with Crippen molar-refractivity contribution in [3.8, 4) is 0 Å². The number of carbonyl (C=O) groups is 1. The molecule has 1 aliphatic carbocycles. The zero-order valence-corrected chi connectivity index (χ0v) is 26.5. The van der Waals surface area contributed by atoms with E-state index in [0.29, 0.717) is 47.3 Å². The first-order chi connectivity index (χ1) is 22.2. The number of halogens is 6. The van der Waals surface area contributed by atoms with E-state index in [4.69, 9.17) is 14.1 Å². The third-order valence-corrected chi connectivity index (χ3v) is 8.32. The fraction of sp³-hybridized carbons (Fsp3) is 0.500. The van der Waals surface area contributed by atoms with Gasteiger partial charge in [0.05, 0.1) is 30.0 Å². The number of aryl methyl sites for hydroxylation is 2. The smallest absolute Gasteiger partial charge is 0.416 e. The Bertz CT molecular complexity index is 1690. The Morgan fingerprint density at radius 2 is 1.64 bits per heavy atom. The van der Waals surface area contributed by atoms with Crippen molar-refractivity contribution in [2.75, 3.05) is 29.5 Å². The molecule has 254 valence electrons. The summed E-state index contributed by atoms with van der Waals surface area (Å²) in [6.07, 6.45) is -4.57. The largest absolute Gasteiger partial charge is 0.461 e. The van der Waals surface area contributed by atoms with E-state index in [0.717, 1.165) is 43.9 Å². The molecule has 0 amide bonds. The van der Waals surface area contributed by atoms with Gasteiger partial charge in [-0.1, -0.05) is 12.8 Å². The number of ether oxygens (including phenoxy) is 1. The number of alkyl halides is 6. The second-order valence-corrected chi connectivity index (χ2v) is 11.7. The predicted octanol–water partition coefficient (Wildman–Crippen LogP) is 7.70. The standard InChI is InChI=1S/C32H36F6N6O3/c1-5-43(15-20-9-7-8-10-20)27-22(13-25-19(3)41-42(4)28(25)40-27)17-44(30-39-26(18-47-30)29(45)46-6-2)16-21-11-23(31(33,34)35)14-24(12-21)32(36,37)38/h11-14,18,20H,5-10,15-17H2,1-4H3. The number of fused-ring (bicyclic) bond motifs is 1. The van der Waals surface area contributed by atoms with E-state index in [1.165, 1.54) is 4.90 Å². The van der Waals surface area contributed by atoms with Gasteiger partial charge in [0.2, 0.25) is 0 Å². The van der Waals surface area contributed by atoms with E-state index in [1.807, 2.05) is 19.9 Å². The number of aromatic nitrogens is 4. The minimum Gasteiger partial charge on any atom is -0.461 e. The van der Waals surface area contributed by atoms with Crippen LogP contribution in [0.25, 0.3) is 11.0 Å². The minimum atomic E-state index is -5.03. The second kappa shape index (κ2) is 13.4. The molecule has 0 spiro atoms. The number of benzene rings is 1. The van der Waals surface area contributed by atoms with Gasteiger partial charge in [0.15, 0.2) is 11.3 Å². The van der Waals surface area contributed by atoms with Crippen molar-refractivity contribution in [2.45, 2.75) is 71.9 Å². The molecule has 0 bridgehead atoms. The highest BCUT2D eigenvalue weighted by molar-refractivity contribution is 5.87. The molecule has 0 radical (unpaired) electrons. The maximum Gasteiger partial charge on any atom is 0.416 e. The molecule has 4 aromatic rings. The first-order valence-electron chi connectivity index (χ1n) is 15.4. The lowest BCUT2D eigenvalue weighted by molar-refractivity contribution is -0.143. The van der Waals surface area contributed by atoms with Crippen LogP contribution in [0.1, 0.15) is 78.0 Å². The van der Waals surface area contributed by atoms with Crippen LogP contribution in [0.15, 0.2) is 34.9 Å². The van der Waals surface area contributed by atoms with E-state index in [2.05, 4.69) is 15.0 Å². The van der Waals surface area contributed by atoms with Gasteiger partial charge in [-0.25, -0.2) is 9.78 Å². The zero-order valence-electron chi connectivity index (χ0n) is 26.5. The zero-order chi connectivity index (χ0) is 34.1. The lowest BCUT2D eigenvalue weighted by Gasteiger charge is -2.29. The van der Waals surface area contributed by atoms with Crippen molar-refractivity contribution in [2.24, 2.45) is 13.0 Å². The Hall–Kier alpha value is -4.30. The Kier molecular flexibility index (Phi) is 9.73. The monoisotopic (exact) mass is 666 g/mol. The molecule has 0 N–H and O–H groups in total. The normalized spacial score (nSPS) is 14.3. The summed E-state index contributed by atoms with van der Waals surface area (Å²) >= 11 is 0. The van der Waals surface area contributed by atoms with Crippen molar-refractivity contribution < 1.29 is 40.3 Å². The second-order valence-electron chi connectivity index (χ2n) is 11.7. The van der Waals surface area contributed by atoms with Crippen LogP contribution >= 0.6 is 0 Å². The van der Waals surface area contributed by atoms with Crippen molar-refractivity contribution in [1.82, 2.24) is 19.7 Å². The molecule has 9 nitrogen and oxygen atoms in total. The van der Waals surface area contributed by atoms with Crippen LogP contribution in [0.5, 0.6) is 0 Å². The summed E-state index contributed by atoms with van der Waals surface area (Å²) in [6, 6.07) is 3.12. The van der Waals surface area contributed by atoms with E-state index in [9.17, 15) is 31.1 Å². The Morgan fingerprint density at radius 3 is 2.23 bits per heavy atom. The highest BCUT2D eigenvalue weighted by atomic mass is 19.4. The van der Waals surface area contributed by atoms with Crippen LogP contribution in [0, 0.1) is 12.8 Å². The van der Waals surface area contributed by atoms with Crippen LogP contribution in [0.4, 0.5) is 38.2 Å². The Morgan fingerprint density at radius 1 is 0.979 bits per heavy atom. The molecular weight excluding hydrogens is 630 g/mol. The van der Waals surface area contributed by atoms with E-state index < -0.39 is 36.0 Å². The van der Waals surface area contributed by atoms with Gasteiger partial charge in [-0.3, -0.25) is 4.68 Å². The van der Waals surface area contributed by atoms with Gasteiger partial charge in [-0.15, -0.1) is 0 Å². The van der Waals surface area contributed by atoms with Crippen molar-refractivity contribution in [3.63, 3.8) is 0 Å². The minimum absolute atomic E-state index is 0.0581. The Labute approximate surface area is 267 Å². The molecule has 0 aliphatic heterocycles. The number of carbonyl (C=O) groups excluding carboxylic acids is 1. The van der Waals surface area contributed by atoms with Gasteiger partial charge in [0.25, 0.3) is 6.01 Å².